The molecule has 17 rings (SSSR count). The Kier molecular flexibility index (Phi) is 42.8. The van der Waals surface area contributed by atoms with Gasteiger partial charge in [0.2, 0.25) is 0 Å². The highest BCUT2D eigenvalue weighted by Crippen LogP contribution is 2.48. The number of rotatable bonds is 34. The van der Waals surface area contributed by atoms with Gasteiger partial charge in [0.1, 0.15) is 72.2 Å². The van der Waals surface area contributed by atoms with Gasteiger partial charge in [-0.25, -0.2) is 14.4 Å². The smallest absolute Gasteiger partial charge is 0.338 e. The number of halogens is 1. The number of alkyl halides is 1. The van der Waals surface area contributed by atoms with E-state index in [4.69, 9.17) is 37.5 Å². The lowest BCUT2D eigenvalue weighted by atomic mass is 9.91. The van der Waals surface area contributed by atoms with E-state index in [-0.39, 0.29) is 121 Å². The average molecular weight is 1980 g/mol. The Bertz CT molecular complexity index is 5830. The molecule has 24 heteroatoms. The first-order valence-corrected chi connectivity index (χ1v) is 50.2. The van der Waals surface area contributed by atoms with Gasteiger partial charge in [0, 0.05) is 108 Å². The van der Waals surface area contributed by atoms with Gasteiger partial charge in [-0.15, -0.1) is 0 Å². The molecule has 3 aliphatic carbocycles. The van der Waals surface area contributed by atoms with E-state index >= 15 is 0 Å². The van der Waals surface area contributed by atoms with E-state index in [9.17, 15) is 67.2 Å². The van der Waals surface area contributed by atoms with Gasteiger partial charge in [-0.05, 0) is 143 Å². The summed E-state index contributed by atoms with van der Waals surface area (Å²) in [6.07, 6.45) is 11.1. The molecule has 1 N–H and O–H groups in total. The number of carbonyl (C=O) groups is 12. The predicted molar refractivity (Wildman–Crippen MR) is 539 cm³/mol. The molecule has 0 unspecified atom stereocenters. The normalized spacial score (nSPS) is 19.7. The van der Waals surface area contributed by atoms with Crippen LogP contribution >= 0.6 is 23.5 Å². The van der Waals surface area contributed by atoms with Crippen LogP contribution < -0.4 is 0 Å². The van der Waals surface area contributed by atoms with Crippen molar-refractivity contribution in [3.63, 3.8) is 0 Å². The number of Topliss-reactive ketones (excluding diaryl/α,β-unsaturated/α-hetero) is 4. The van der Waals surface area contributed by atoms with Gasteiger partial charge < -0.3 is 52.2 Å². The molecule has 6 fully saturated rings. The Morgan fingerprint density at radius 2 is 0.671 bits per heavy atom. The molecule has 3 aliphatic heterocycles. The predicted octanol–water partition coefficient (Wildman–Crippen LogP) is 21.5. The van der Waals surface area contributed by atoms with Crippen LogP contribution in [-0.4, -0.2) is 145 Å². The monoisotopic (exact) mass is 1970 g/mol. The molecule has 0 aromatic heterocycles. The SMILES string of the molecule is CC(=O)CCc1ccccc1.CCC(=O)CCc1ccccc1.COP(=O)(CC(=O)CCc1ccccc1)OC.O=C(/C=C/[C@@H]1[C@H]2CC(=O)O[C@H]2C[C@H]1OC(=O)c1ccc(-c2ccccc2)cc1)CCc1ccccc1.O=C(CBr)CCc1ccccc1.O=C1C[C@@H]2[C@@H](CO)[C@H](OC(=O)c3ccc(-c4ccccc4)cc3)C[C@@H]2O1.O=C[C@@H]1[C@H]2CC(=O)O[C@H]2C[C@H]1OC(=O)c1ccc(-c2ccccc2)cc1. The molecule has 11 aromatic carbocycles. The summed E-state index contributed by atoms with van der Waals surface area (Å²) in [5.74, 6) is -2.60. The fourth-order valence-electron chi connectivity index (χ4n) is 17.5. The van der Waals surface area contributed by atoms with Crippen molar-refractivity contribution in [2.45, 2.75) is 160 Å². The second-order valence-electron chi connectivity index (χ2n) is 34.9. The van der Waals surface area contributed by atoms with Crippen LogP contribution in [-0.2, 0) is 117 Å². The highest BCUT2D eigenvalue weighted by atomic mass is 79.9. The molecule has 0 bridgehead atoms. The zero-order valence-corrected chi connectivity index (χ0v) is 81.7. The van der Waals surface area contributed by atoms with Crippen molar-refractivity contribution in [3.8, 4) is 33.4 Å². The third kappa shape index (κ3) is 33.7. The highest BCUT2D eigenvalue weighted by Gasteiger charge is 2.54. The third-order valence-corrected chi connectivity index (χ3v) is 27.8. The first-order chi connectivity index (χ1) is 67.9. The summed E-state index contributed by atoms with van der Waals surface area (Å²) >= 11 is 3.14. The van der Waals surface area contributed by atoms with Crippen LogP contribution in [0.15, 0.2) is 328 Å². The van der Waals surface area contributed by atoms with E-state index in [0.717, 1.165) is 70.1 Å². The van der Waals surface area contributed by atoms with Gasteiger partial charge in [-0.1, -0.05) is 308 Å². The van der Waals surface area contributed by atoms with Crippen LogP contribution in [0.5, 0.6) is 0 Å². The molecule has 0 spiro atoms. The summed E-state index contributed by atoms with van der Waals surface area (Å²) in [6, 6.07) is 101. The van der Waals surface area contributed by atoms with Crippen molar-refractivity contribution in [1.29, 1.82) is 0 Å². The van der Waals surface area contributed by atoms with E-state index in [1.54, 1.807) is 49.4 Å². The molecular weight excluding hydrogens is 1860 g/mol. The molecule has 12 atom stereocenters. The van der Waals surface area contributed by atoms with E-state index in [2.05, 4.69) is 28.1 Å². The molecule has 22 nitrogen and oxygen atoms in total. The molecule has 0 radical (unpaired) electrons. The maximum Gasteiger partial charge on any atom is 0.338 e. The average Bonchev–Trinajstić information content (AvgIpc) is 2.22. The van der Waals surface area contributed by atoms with E-state index in [1.807, 2.05) is 280 Å². The molecule has 728 valence electrons. The largest absolute Gasteiger partial charge is 0.462 e. The summed E-state index contributed by atoms with van der Waals surface area (Å²) in [5, 5.41) is 10.1. The zero-order chi connectivity index (χ0) is 99.6. The van der Waals surface area contributed by atoms with Gasteiger partial charge in [-0.2, -0.15) is 0 Å². The molecule has 3 heterocycles. The maximum atomic E-state index is 13.0. The minimum Gasteiger partial charge on any atom is -0.462 e. The number of aldehydes is 1. The molecule has 3 saturated carbocycles. The summed E-state index contributed by atoms with van der Waals surface area (Å²) in [7, 11) is -0.635. The van der Waals surface area contributed by atoms with Crippen molar-refractivity contribution in [1.82, 2.24) is 0 Å². The Morgan fingerprint density at radius 3 is 1.01 bits per heavy atom. The highest BCUT2D eigenvalue weighted by molar-refractivity contribution is 9.09. The van der Waals surface area contributed by atoms with Crippen molar-refractivity contribution < 1.29 is 105 Å². The minimum absolute atomic E-state index is 0.00845. The quantitative estimate of drug-likeness (QED) is 0.00978. The summed E-state index contributed by atoms with van der Waals surface area (Å²) in [6.45, 7) is 3.42. The molecule has 3 saturated heterocycles. The number of benzene rings is 11. The fraction of sp³-hybridized carbons (Fsp3) is 0.310. The Hall–Kier alpha value is -13.4. The fourth-order valence-corrected chi connectivity index (χ4v) is 18.7. The first kappa shape index (κ1) is 107. The van der Waals surface area contributed by atoms with Gasteiger partial charge in [0.15, 0.2) is 5.78 Å². The number of ketones is 5. The van der Waals surface area contributed by atoms with Gasteiger partial charge in [0.25, 0.3) is 0 Å². The van der Waals surface area contributed by atoms with E-state index in [1.165, 1.54) is 30.9 Å². The lowest BCUT2D eigenvalue weighted by Crippen LogP contribution is -2.28. The summed E-state index contributed by atoms with van der Waals surface area (Å²) in [5.41, 5.74) is 13.6. The number of esters is 6. The minimum atomic E-state index is -3.21. The number of carbonyl (C=O) groups excluding carboxylic acids is 12. The third-order valence-electron chi connectivity index (χ3n) is 25.3. The maximum absolute atomic E-state index is 13.0. The topological polar surface area (TPSA) is 316 Å². The Balaban J connectivity index is 0.000000163. The summed E-state index contributed by atoms with van der Waals surface area (Å²) < 4.78 is 54.2. The van der Waals surface area contributed by atoms with Crippen molar-refractivity contribution in [2.24, 2.45) is 35.5 Å². The standard InChI is InChI=1S/C31H28O5.C21H20O5.C21H18O5.C12H17O4P.C11H14O.C10H11BrO.C10H12O/c32-25(16-11-21-7-3-1-4-8-21)17-18-26-27-19-30(33)35-29(27)20-28(26)36-31(34)24-14-12-23(13-15-24)22-9-5-2-6-10-22;2*22-12-17-16-10-20(23)25-18(16)11-19(17)26-21(24)15-8-6-14(7-9-15)13-4-2-1-3-5-13;1-15-17(14,16-2)10-12(13)9-8-11-6-4-3-5-7-11;1-2-11(12)9-8-10-6-4-3-5-7-10;11-8-10(12)7-6-9-4-2-1-3-5-9;1-9(11)7-8-10-5-3-2-4-6-10/h1-10,12-15,17-18,26-29H,11,16,19-20H2;1-9,16-19,22H,10-12H2;1-9,12,16-19H,10-11H2;3-7H,8-10H2,1-2H3;3-7H,2,8-9H2,1H3;1-5H,6-8H2;2-6H,7-8H2,1H3/b18-17+;;;;;;/t26-,27-,28-,29+;2*16-,17-,18+,19-;;;;/m111..../s1. The van der Waals surface area contributed by atoms with E-state index in [0.29, 0.717) is 98.4 Å². The van der Waals surface area contributed by atoms with Gasteiger partial charge >= 0.3 is 43.4 Å². The number of fused-ring (bicyclic) bond motifs is 3. The van der Waals surface area contributed by atoms with Crippen molar-refractivity contribution in [3.05, 3.63) is 372 Å². The zero-order valence-electron chi connectivity index (χ0n) is 79.2. The van der Waals surface area contributed by atoms with Crippen LogP contribution in [0.3, 0.4) is 0 Å². The van der Waals surface area contributed by atoms with Gasteiger partial charge in [0.05, 0.1) is 47.2 Å². The van der Waals surface area contributed by atoms with Crippen LogP contribution in [0.2, 0.25) is 0 Å². The second-order valence-corrected chi connectivity index (χ2v) is 37.7. The number of aliphatic hydroxyl groups is 1. The van der Waals surface area contributed by atoms with Crippen LogP contribution in [0.4, 0.5) is 0 Å². The number of aryl methyl sites for hydroxylation is 5. The first-order valence-electron chi connectivity index (χ1n) is 47.4. The Morgan fingerprint density at radius 1 is 0.379 bits per heavy atom. The molecule has 11 aromatic rings. The second kappa shape index (κ2) is 56.0. The number of hydrogen-bond acceptors (Lipinski definition) is 22. The van der Waals surface area contributed by atoms with Crippen LogP contribution in [0.1, 0.15) is 150 Å². The molecule has 140 heavy (non-hydrogen) atoms. The lowest BCUT2D eigenvalue weighted by Gasteiger charge is -2.20. The number of ether oxygens (including phenoxy) is 6. The molecular formula is C116H120BrO22P. The van der Waals surface area contributed by atoms with Crippen LogP contribution in [0.25, 0.3) is 33.4 Å². The lowest BCUT2D eigenvalue weighted by molar-refractivity contribution is -0.143. The summed E-state index contributed by atoms with van der Waals surface area (Å²) in [4.78, 5) is 141. The van der Waals surface area contributed by atoms with Crippen molar-refractivity contribution in [2.75, 3.05) is 32.3 Å². The number of hydrogen-bond donors (Lipinski definition) is 1. The van der Waals surface area contributed by atoms with Crippen LogP contribution in [0, 0.1) is 35.5 Å². The molecule has 0 amide bonds. The van der Waals surface area contributed by atoms with Gasteiger partial charge in [-0.3, -0.25) is 38.1 Å². The number of allylic oxidation sites excluding steroid dienone is 1. The number of aliphatic hydroxyl groups excluding tert-OH is 1. The molecule has 6 aliphatic rings. The van der Waals surface area contributed by atoms with Crippen molar-refractivity contribution >= 4 is 94.5 Å². The van der Waals surface area contributed by atoms with E-state index < -0.39 is 49.7 Å². The Labute approximate surface area is 827 Å².